The van der Waals surface area contributed by atoms with Gasteiger partial charge in [0.05, 0.1) is 7.11 Å². The minimum atomic E-state index is -1.22. The van der Waals surface area contributed by atoms with Gasteiger partial charge in [0.1, 0.15) is 22.9 Å². The van der Waals surface area contributed by atoms with E-state index in [9.17, 15) is 14.4 Å². The van der Waals surface area contributed by atoms with Crippen molar-refractivity contribution in [2.45, 2.75) is 43.7 Å². The summed E-state index contributed by atoms with van der Waals surface area (Å²) in [6.07, 6.45) is 0. The minimum absolute atomic E-state index is 0.0488. The van der Waals surface area contributed by atoms with Gasteiger partial charge in [-0.05, 0) is 20.8 Å². The average Bonchev–Trinajstić information content (AvgIpc) is 2.39. The number of hydrogen-bond donors (Lipinski definition) is 3. The molecule has 10 heteroatoms. The predicted molar refractivity (Wildman–Crippen MR) is 85.3 cm³/mol. The summed E-state index contributed by atoms with van der Waals surface area (Å²) in [5.74, 6) is -2.54. The summed E-state index contributed by atoms with van der Waals surface area (Å²) in [5.41, 5.74) is 10.3. The molecule has 0 aliphatic carbocycles. The monoisotopic (exact) mass is 354 g/mol. The first-order valence-corrected chi connectivity index (χ1v) is 8.70. The van der Waals surface area contributed by atoms with Gasteiger partial charge in [-0.15, -0.1) is 0 Å². The number of aliphatic carboxylic acids is 1. The van der Waals surface area contributed by atoms with Gasteiger partial charge in [-0.1, -0.05) is 21.6 Å². The topological polar surface area (TPSA) is 142 Å². The van der Waals surface area contributed by atoms with Crippen molar-refractivity contribution in [1.29, 1.82) is 0 Å². The largest absolute Gasteiger partial charge is 0.480 e. The SMILES string of the molecule is COC(=O)C(N)C(SSCC(N)C(=O)O)C(=O)OC(C)(C)C. The van der Waals surface area contributed by atoms with E-state index in [1.165, 1.54) is 0 Å². The predicted octanol–water partition coefficient (Wildman–Crippen LogP) is -0.00970. The molecule has 0 rings (SSSR count). The van der Waals surface area contributed by atoms with Crippen LogP contribution in [0.15, 0.2) is 0 Å². The van der Waals surface area contributed by atoms with Gasteiger partial charge in [0.15, 0.2) is 0 Å². The van der Waals surface area contributed by atoms with Crippen molar-refractivity contribution in [3.63, 3.8) is 0 Å². The van der Waals surface area contributed by atoms with Gasteiger partial charge >= 0.3 is 17.9 Å². The second kappa shape index (κ2) is 9.23. The van der Waals surface area contributed by atoms with Gasteiger partial charge in [0, 0.05) is 5.75 Å². The van der Waals surface area contributed by atoms with Crippen LogP contribution < -0.4 is 11.5 Å². The maximum absolute atomic E-state index is 12.1. The van der Waals surface area contributed by atoms with E-state index in [4.69, 9.17) is 21.3 Å². The van der Waals surface area contributed by atoms with Crippen molar-refractivity contribution in [3.05, 3.63) is 0 Å². The van der Waals surface area contributed by atoms with Crippen LogP contribution in [0.5, 0.6) is 0 Å². The Balaban J connectivity index is 4.83. The van der Waals surface area contributed by atoms with Gasteiger partial charge in [-0.2, -0.15) is 0 Å². The first kappa shape index (κ1) is 21.0. The number of ether oxygens (including phenoxy) is 2. The van der Waals surface area contributed by atoms with E-state index < -0.39 is 40.8 Å². The van der Waals surface area contributed by atoms with Crippen molar-refractivity contribution >= 4 is 39.5 Å². The van der Waals surface area contributed by atoms with Crippen molar-refractivity contribution in [2.75, 3.05) is 12.9 Å². The zero-order valence-corrected chi connectivity index (χ0v) is 14.5. The molecule has 0 saturated carbocycles. The third-order valence-electron chi connectivity index (χ3n) is 2.18. The van der Waals surface area contributed by atoms with Crippen molar-refractivity contribution in [2.24, 2.45) is 11.5 Å². The lowest BCUT2D eigenvalue weighted by Crippen LogP contribution is -2.47. The Hall–Kier alpha value is -0.970. The Morgan fingerprint density at radius 2 is 1.73 bits per heavy atom. The highest BCUT2D eigenvalue weighted by atomic mass is 33.1. The van der Waals surface area contributed by atoms with Crippen molar-refractivity contribution < 1.29 is 29.0 Å². The quantitative estimate of drug-likeness (QED) is 0.402. The van der Waals surface area contributed by atoms with Crippen LogP contribution in [0.2, 0.25) is 0 Å². The first-order valence-electron chi connectivity index (χ1n) is 6.32. The van der Waals surface area contributed by atoms with Crippen LogP contribution >= 0.6 is 21.6 Å². The van der Waals surface area contributed by atoms with Crippen LogP contribution in [0.4, 0.5) is 0 Å². The number of carboxylic acids is 1. The molecule has 5 N–H and O–H groups in total. The zero-order valence-electron chi connectivity index (χ0n) is 12.9. The maximum Gasteiger partial charge on any atom is 0.324 e. The molecular weight excluding hydrogens is 332 g/mol. The Kier molecular flexibility index (Phi) is 8.83. The molecule has 0 aromatic heterocycles. The molecule has 0 fully saturated rings. The standard InChI is InChI=1S/C12H22N2O6S2/c1-12(2,3)20-11(18)8(7(14)10(17)19-4)22-21-5-6(13)9(15)16/h6-8H,5,13-14H2,1-4H3,(H,15,16). The summed E-state index contributed by atoms with van der Waals surface area (Å²) >= 11 is 0. The second-order valence-corrected chi connectivity index (χ2v) is 7.88. The van der Waals surface area contributed by atoms with Crippen LogP contribution in [-0.4, -0.2) is 58.8 Å². The molecule has 0 radical (unpaired) electrons. The number of nitrogens with two attached hydrogens (primary N) is 2. The molecule has 8 nitrogen and oxygen atoms in total. The van der Waals surface area contributed by atoms with Gasteiger partial charge in [0.25, 0.3) is 0 Å². The molecule has 0 aliphatic rings. The third kappa shape index (κ3) is 7.87. The van der Waals surface area contributed by atoms with Crippen LogP contribution in [0.25, 0.3) is 0 Å². The van der Waals surface area contributed by atoms with Gasteiger partial charge < -0.3 is 26.0 Å². The highest BCUT2D eigenvalue weighted by Gasteiger charge is 2.36. The van der Waals surface area contributed by atoms with Crippen molar-refractivity contribution in [1.82, 2.24) is 0 Å². The summed E-state index contributed by atoms with van der Waals surface area (Å²) in [7, 11) is 3.13. The third-order valence-corrected chi connectivity index (χ3v) is 4.94. The fraction of sp³-hybridized carbons (Fsp3) is 0.750. The summed E-state index contributed by atoms with van der Waals surface area (Å²) in [4.78, 5) is 34.3. The second-order valence-electron chi connectivity index (χ2n) is 5.33. The Labute approximate surface area is 137 Å². The molecule has 0 aromatic carbocycles. The smallest absolute Gasteiger partial charge is 0.324 e. The van der Waals surface area contributed by atoms with E-state index in [1.807, 2.05) is 0 Å². The van der Waals surface area contributed by atoms with Gasteiger partial charge in [-0.25, -0.2) is 0 Å². The van der Waals surface area contributed by atoms with Crippen LogP contribution in [0.3, 0.4) is 0 Å². The summed E-state index contributed by atoms with van der Waals surface area (Å²) < 4.78 is 9.74. The molecule has 0 amide bonds. The molecule has 0 aromatic rings. The number of carboxylic acid groups (broad SMARTS) is 1. The van der Waals surface area contributed by atoms with Gasteiger partial charge in [-0.3, -0.25) is 14.4 Å². The molecule has 22 heavy (non-hydrogen) atoms. The fourth-order valence-corrected chi connectivity index (χ4v) is 3.70. The number of hydrogen-bond acceptors (Lipinski definition) is 9. The number of carbonyl (C=O) groups excluding carboxylic acids is 2. The fourth-order valence-electron chi connectivity index (χ4n) is 1.12. The molecular formula is C12H22N2O6S2. The zero-order chi connectivity index (χ0) is 17.5. The molecule has 0 spiro atoms. The highest BCUT2D eigenvalue weighted by Crippen LogP contribution is 2.31. The van der Waals surface area contributed by atoms with E-state index >= 15 is 0 Å². The lowest BCUT2D eigenvalue weighted by Gasteiger charge is -2.25. The lowest BCUT2D eigenvalue weighted by molar-refractivity contribution is -0.157. The number of carbonyl (C=O) groups is 3. The highest BCUT2D eigenvalue weighted by molar-refractivity contribution is 8.77. The van der Waals surface area contributed by atoms with Crippen LogP contribution in [0, 0.1) is 0 Å². The summed E-state index contributed by atoms with van der Waals surface area (Å²) in [5, 5.41) is 7.68. The molecule has 3 unspecified atom stereocenters. The first-order chi connectivity index (χ1) is 9.99. The maximum atomic E-state index is 12.1. The average molecular weight is 354 g/mol. The van der Waals surface area contributed by atoms with Crippen LogP contribution in [-0.2, 0) is 23.9 Å². The van der Waals surface area contributed by atoms with Crippen LogP contribution in [0.1, 0.15) is 20.8 Å². The molecule has 0 bridgehead atoms. The Morgan fingerprint density at radius 1 is 1.18 bits per heavy atom. The van der Waals surface area contributed by atoms with E-state index in [0.29, 0.717) is 0 Å². The Bertz CT molecular complexity index is 413. The van der Waals surface area contributed by atoms with E-state index in [-0.39, 0.29) is 5.75 Å². The normalized spacial score (nSPS) is 15.5. The lowest BCUT2D eigenvalue weighted by atomic mass is 10.1. The number of esters is 2. The van der Waals surface area contributed by atoms with Crippen molar-refractivity contribution in [3.8, 4) is 0 Å². The molecule has 0 aliphatic heterocycles. The molecule has 128 valence electrons. The summed E-state index contributed by atoms with van der Waals surface area (Å²) in [6.45, 7) is 5.05. The Morgan fingerprint density at radius 3 is 2.14 bits per heavy atom. The van der Waals surface area contributed by atoms with E-state index in [0.717, 1.165) is 28.7 Å². The molecule has 0 saturated heterocycles. The van der Waals surface area contributed by atoms with E-state index in [2.05, 4.69) is 4.74 Å². The molecule has 3 atom stereocenters. The van der Waals surface area contributed by atoms with Gasteiger partial charge in [0.2, 0.25) is 0 Å². The molecule has 0 heterocycles. The minimum Gasteiger partial charge on any atom is -0.480 e. The number of methoxy groups -OCH3 is 1. The number of rotatable bonds is 8. The van der Waals surface area contributed by atoms with E-state index in [1.54, 1.807) is 20.8 Å². The summed E-state index contributed by atoms with van der Waals surface area (Å²) in [6, 6.07) is -2.30.